The van der Waals surface area contributed by atoms with E-state index in [9.17, 15) is 4.79 Å². The third kappa shape index (κ3) is 4.19. The zero-order valence-corrected chi connectivity index (χ0v) is 18.4. The predicted octanol–water partition coefficient (Wildman–Crippen LogP) is 5.43. The Morgan fingerprint density at radius 2 is 2.00 bits per heavy atom. The number of anilines is 1. The van der Waals surface area contributed by atoms with Gasteiger partial charge in [-0.25, -0.2) is 9.37 Å². The van der Waals surface area contributed by atoms with Gasteiger partial charge in [-0.2, -0.15) is 0 Å². The van der Waals surface area contributed by atoms with Crippen molar-refractivity contribution in [3.05, 3.63) is 77.3 Å². The number of carbonyl (C=O) groups is 1. The number of aromatic nitrogens is 2. The van der Waals surface area contributed by atoms with Crippen LogP contribution >= 0.6 is 11.6 Å². The van der Waals surface area contributed by atoms with Crippen LogP contribution in [0.15, 0.2) is 60.9 Å². The summed E-state index contributed by atoms with van der Waals surface area (Å²) >= 11 is 5.94. The summed E-state index contributed by atoms with van der Waals surface area (Å²) in [4.78, 5) is 24.2. The third-order valence-corrected chi connectivity index (χ3v) is 6.85. The minimum absolute atomic E-state index is 0.0487. The lowest BCUT2D eigenvalue weighted by Gasteiger charge is -2.40. The Morgan fingerprint density at radius 1 is 1.12 bits per heavy atom. The Morgan fingerprint density at radius 3 is 2.72 bits per heavy atom. The summed E-state index contributed by atoms with van der Waals surface area (Å²) in [6.07, 6.45) is 7.51. The molecule has 1 aliphatic heterocycles. The molecule has 1 aliphatic carbocycles. The molecule has 0 radical (unpaired) electrons. The van der Waals surface area contributed by atoms with Crippen molar-refractivity contribution in [2.75, 3.05) is 18.4 Å². The molecule has 3 aromatic rings. The van der Waals surface area contributed by atoms with E-state index in [2.05, 4.69) is 15.3 Å². The van der Waals surface area contributed by atoms with E-state index in [-0.39, 0.29) is 17.5 Å². The van der Waals surface area contributed by atoms with E-state index >= 15 is 4.39 Å². The standard InChI is InChI=1S/C25H24ClFN4O/c26-17-7-8-22(29-15-17)30-16-18-14-25(9-10-25)11-13-31(18)24(32)23-19(4-3-5-20(23)27)21-6-1-2-12-28-21/h1-8,12,15,18H,9-11,13-14,16H2,(H,29,30)/t18-/m0/s1. The number of hydrogen-bond donors (Lipinski definition) is 1. The van der Waals surface area contributed by atoms with Gasteiger partial charge in [0.05, 0.1) is 16.3 Å². The van der Waals surface area contributed by atoms with Crippen LogP contribution in [0.25, 0.3) is 11.3 Å². The van der Waals surface area contributed by atoms with Crippen LogP contribution in [-0.2, 0) is 0 Å². The van der Waals surface area contributed by atoms with Crippen LogP contribution < -0.4 is 5.32 Å². The highest BCUT2D eigenvalue weighted by Gasteiger charge is 2.49. The SMILES string of the molecule is O=C(c1c(F)cccc1-c1ccccn1)N1CCC2(CC2)C[C@H]1CNc1ccc(Cl)cn1. The van der Waals surface area contributed by atoms with E-state index in [1.807, 2.05) is 17.0 Å². The predicted molar refractivity (Wildman–Crippen MR) is 123 cm³/mol. The molecule has 5 nitrogen and oxygen atoms in total. The number of hydrogen-bond acceptors (Lipinski definition) is 4. The molecule has 1 aromatic carbocycles. The smallest absolute Gasteiger partial charge is 0.257 e. The number of carbonyl (C=O) groups excluding carboxylic acids is 1. The van der Waals surface area contributed by atoms with Gasteiger partial charge in [0.2, 0.25) is 0 Å². The van der Waals surface area contributed by atoms with E-state index in [4.69, 9.17) is 11.6 Å². The van der Waals surface area contributed by atoms with E-state index in [1.165, 1.54) is 18.9 Å². The molecule has 1 saturated carbocycles. The van der Waals surface area contributed by atoms with Gasteiger partial charge in [0.15, 0.2) is 0 Å². The first-order valence-corrected chi connectivity index (χ1v) is 11.3. The van der Waals surface area contributed by atoms with Crippen molar-refractivity contribution in [3.8, 4) is 11.3 Å². The van der Waals surface area contributed by atoms with Gasteiger partial charge in [0, 0.05) is 37.1 Å². The van der Waals surface area contributed by atoms with Crippen molar-refractivity contribution in [3.63, 3.8) is 0 Å². The molecule has 32 heavy (non-hydrogen) atoms. The molecule has 0 bridgehead atoms. The van der Waals surface area contributed by atoms with Crippen LogP contribution in [0.1, 0.15) is 36.0 Å². The maximum atomic E-state index is 15.0. The summed E-state index contributed by atoms with van der Waals surface area (Å²) in [5.41, 5.74) is 1.53. The molecule has 5 rings (SSSR count). The van der Waals surface area contributed by atoms with Crippen molar-refractivity contribution < 1.29 is 9.18 Å². The van der Waals surface area contributed by atoms with Gasteiger partial charge in [0.1, 0.15) is 11.6 Å². The number of nitrogens with zero attached hydrogens (tertiary/aromatic N) is 3. The Hall–Kier alpha value is -2.99. The molecule has 2 fully saturated rings. The fourth-order valence-corrected chi connectivity index (χ4v) is 4.77. The van der Waals surface area contributed by atoms with Crippen molar-refractivity contribution in [1.82, 2.24) is 14.9 Å². The number of piperidine rings is 1. The van der Waals surface area contributed by atoms with Crippen molar-refractivity contribution in [2.24, 2.45) is 5.41 Å². The minimum atomic E-state index is -0.518. The second kappa shape index (κ2) is 8.51. The third-order valence-electron chi connectivity index (χ3n) is 6.62. The Bertz CT molecular complexity index is 1120. The quantitative estimate of drug-likeness (QED) is 0.562. The van der Waals surface area contributed by atoms with Crippen LogP contribution in [-0.4, -0.2) is 39.9 Å². The van der Waals surface area contributed by atoms with Gasteiger partial charge in [-0.15, -0.1) is 0 Å². The molecule has 3 heterocycles. The fraction of sp³-hybridized carbons (Fsp3) is 0.320. The molecule has 1 saturated heterocycles. The molecule has 7 heteroatoms. The summed E-state index contributed by atoms with van der Waals surface area (Å²) in [5, 5.41) is 3.91. The zero-order valence-electron chi connectivity index (χ0n) is 17.6. The summed E-state index contributed by atoms with van der Waals surface area (Å²) in [5.74, 6) is -0.0941. The van der Waals surface area contributed by atoms with Gasteiger partial charge in [-0.05, 0) is 61.4 Å². The molecular weight excluding hydrogens is 427 g/mol. The van der Waals surface area contributed by atoms with Crippen LogP contribution in [0.3, 0.4) is 0 Å². The lowest BCUT2D eigenvalue weighted by Crippen LogP contribution is -2.50. The number of benzene rings is 1. The van der Waals surface area contributed by atoms with E-state index in [0.717, 1.165) is 12.8 Å². The van der Waals surface area contributed by atoms with Gasteiger partial charge in [-0.1, -0.05) is 29.8 Å². The van der Waals surface area contributed by atoms with Crippen LogP contribution in [0.2, 0.25) is 5.02 Å². The monoisotopic (exact) mass is 450 g/mol. The second-order valence-electron chi connectivity index (χ2n) is 8.73. The molecule has 1 N–H and O–H groups in total. The van der Waals surface area contributed by atoms with E-state index in [1.54, 1.807) is 42.7 Å². The first-order valence-electron chi connectivity index (χ1n) is 10.9. The average molecular weight is 451 g/mol. The van der Waals surface area contributed by atoms with Crippen LogP contribution in [0, 0.1) is 11.2 Å². The first kappa shape index (κ1) is 20.9. The highest BCUT2D eigenvalue weighted by molar-refractivity contribution is 6.30. The van der Waals surface area contributed by atoms with Crippen LogP contribution in [0.4, 0.5) is 10.2 Å². The normalized spacial score (nSPS) is 19.1. The molecule has 0 unspecified atom stereocenters. The molecule has 1 spiro atoms. The lowest BCUT2D eigenvalue weighted by molar-refractivity contribution is 0.0542. The fourth-order valence-electron chi connectivity index (χ4n) is 4.66. The maximum absolute atomic E-state index is 15.0. The Balaban J connectivity index is 1.43. The summed E-state index contributed by atoms with van der Waals surface area (Å²) < 4.78 is 15.0. The molecule has 1 amide bonds. The summed E-state index contributed by atoms with van der Waals surface area (Å²) in [6.45, 7) is 1.17. The number of amides is 1. The largest absolute Gasteiger partial charge is 0.368 e. The highest BCUT2D eigenvalue weighted by atomic mass is 35.5. The number of halogens is 2. The number of pyridine rings is 2. The van der Waals surface area contributed by atoms with Crippen molar-refractivity contribution in [1.29, 1.82) is 0 Å². The molecule has 1 atom stereocenters. The first-order chi connectivity index (χ1) is 15.5. The highest BCUT2D eigenvalue weighted by Crippen LogP contribution is 2.55. The maximum Gasteiger partial charge on any atom is 0.257 e. The molecule has 2 aromatic heterocycles. The van der Waals surface area contributed by atoms with Gasteiger partial charge in [0.25, 0.3) is 5.91 Å². The Kier molecular flexibility index (Phi) is 5.55. The van der Waals surface area contributed by atoms with Crippen LogP contribution in [0.5, 0.6) is 0 Å². The van der Waals surface area contributed by atoms with Gasteiger partial charge >= 0.3 is 0 Å². The van der Waals surface area contributed by atoms with Crippen molar-refractivity contribution in [2.45, 2.75) is 31.7 Å². The molecule has 164 valence electrons. The number of nitrogens with one attached hydrogen (secondary N) is 1. The average Bonchev–Trinajstić information content (AvgIpc) is 3.57. The minimum Gasteiger partial charge on any atom is -0.368 e. The zero-order chi connectivity index (χ0) is 22.1. The van der Waals surface area contributed by atoms with E-state index < -0.39 is 5.82 Å². The Labute approximate surface area is 191 Å². The van der Waals surface area contributed by atoms with Gasteiger partial charge < -0.3 is 10.2 Å². The van der Waals surface area contributed by atoms with Crippen molar-refractivity contribution >= 4 is 23.3 Å². The number of rotatable bonds is 5. The topological polar surface area (TPSA) is 58.1 Å². The molecule has 2 aliphatic rings. The number of likely N-dealkylation sites (tertiary alicyclic amines) is 1. The molecular formula is C25H24ClFN4O. The van der Waals surface area contributed by atoms with Gasteiger partial charge in [-0.3, -0.25) is 9.78 Å². The lowest BCUT2D eigenvalue weighted by atomic mass is 9.87. The second-order valence-corrected chi connectivity index (χ2v) is 9.16. The summed E-state index contributed by atoms with van der Waals surface area (Å²) in [6, 6.07) is 13.7. The summed E-state index contributed by atoms with van der Waals surface area (Å²) in [7, 11) is 0. The van der Waals surface area contributed by atoms with E-state index in [0.29, 0.717) is 40.6 Å².